The van der Waals surface area contributed by atoms with E-state index in [9.17, 15) is 13.2 Å². The van der Waals surface area contributed by atoms with E-state index in [-0.39, 0.29) is 23.0 Å². The van der Waals surface area contributed by atoms with E-state index in [0.717, 1.165) is 15.3 Å². The number of nitrogens with zero attached hydrogens (tertiary/aromatic N) is 4. The summed E-state index contributed by atoms with van der Waals surface area (Å²) in [5, 5.41) is 1.27. The van der Waals surface area contributed by atoms with E-state index < -0.39 is 10.0 Å². The van der Waals surface area contributed by atoms with Gasteiger partial charge < -0.3 is 4.90 Å². The quantitative estimate of drug-likeness (QED) is 0.382. The first-order valence-electron chi connectivity index (χ1n) is 10.1. The van der Waals surface area contributed by atoms with Gasteiger partial charge in [-0.25, -0.2) is 17.7 Å². The summed E-state index contributed by atoms with van der Waals surface area (Å²) < 4.78 is 27.2. The van der Waals surface area contributed by atoms with Crippen LogP contribution in [0.15, 0.2) is 84.0 Å². The molecular weight excluding hydrogens is 460 g/mol. The van der Waals surface area contributed by atoms with Crippen LogP contribution in [-0.4, -0.2) is 42.7 Å². The van der Waals surface area contributed by atoms with Gasteiger partial charge in [0, 0.05) is 31.9 Å². The molecule has 0 radical (unpaired) electrons. The van der Waals surface area contributed by atoms with Crippen LogP contribution in [0.25, 0.3) is 10.9 Å². The zero-order chi connectivity index (χ0) is 23.6. The number of aromatic nitrogens is 2. The molecule has 168 valence electrons. The molecule has 0 fully saturated rings. The van der Waals surface area contributed by atoms with Gasteiger partial charge in [0.15, 0.2) is 0 Å². The molecule has 0 spiro atoms. The van der Waals surface area contributed by atoms with Crippen LogP contribution in [0.2, 0.25) is 5.15 Å². The second-order valence-electron chi connectivity index (χ2n) is 7.55. The summed E-state index contributed by atoms with van der Waals surface area (Å²) in [7, 11) is -0.894. The molecule has 4 aromatic rings. The van der Waals surface area contributed by atoms with Gasteiger partial charge >= 0.3 is 0 Å². The van der Waals surface area contributed by atoms with E-state index in [1.807, 2.05) is 24.3 Å². The molecule has 1 amide bonds. The maximum Gasteiger partial charge on any atom is 0.260 e. The zero-order valence-electron chi connectivity index (χ0n) is 18.0. The van der Waals surface area contributed by atoms with E-state index in [2.05, 4.69) is 9.97 Å². The Morgan fingerprint density at radius 1 is 1.00 bits per heavy atom. The number of halogens is 1. The highest BCUT2D eigenvalue weighted by Crippen LogP contribution is 2.30. The van der Waals surface area contributed by atoms with Gasteiger partial charge in [0.1, 0.15) is 10.0 Å². The van der Waals surface area contributed by atoms with Crippen molar-refractivity contribution in [1.29, 1.82) is 0 Å². The fraction of sp³-hybridized carbons (Fsp3) is 0.125. The number of pyridine rings is 2. The molecule has 0 bridgehead atoms. The molecule has 2 aromatic heterocycles. The molecule has 0 atom stereocenters. The Hall–Kier alpha value is -3.33. The summed E-state index contributed by atoms with van der Waals surface area (Å²) >= 11 is 6.05. The Morgan fingerprint density at radius 2 is 1.76 bits per heavy atom. The van der Waals surface area contributed by atoms with Crippen LogP contribution < -0.4 is 4.90 Å². The van der Waals surface area contributed by atoms with E-state index in [1.165, 1.54) is 31.3 Å². The number of carbonyl (C=O) groups excluding carboxylic acids is 1. The molecule has 7 nitrogen and oxygen atoms in total. The molecule has 9 heteroatoms. The number of fused-ring (bicyclic) bond motifs is 1. The normalized spacial score (nSPS) is 11.6. The predicted octanol–water partition coefficient (Wildman–Crippen LogP) is 4.38. The molecule has 4 rings (SSSR count). The molecule has 0 aliphatic heterocycles. The van der Waals surface area contributed by atoms with E-state index in [4.69, 9.17) is 11.6 Å². The number of carbonyl (C=O) groups is 1. The van der Waals surface area contributed by atoms with E-state index >= 15 is 0 Å². The van der Waals surface area contributed by atoms with Crippen molar-refractivity contribution in [2.24, 2.45) is 0 Å². The molecule has 0 unspecified atom stereocenters. The average Bonchev–Trinajstić information content (AvgIpc) is 2.82. The van der Waals surface area contributed by atoms with Crippen molar-refractivity contribution in [3.8, 4) is 0 Å². The fourth-order valence-electron chi connectivity index (χ4n) is 3.43. The zero-order valence-corrected chi connectivity index (χ0v) is 19.6. The van der Waals surface area contributed by atoms with E-state index in [0.29, 0.717) is 16.2 Å². The summed E-state index contributed by atoms with van der Waals surface area (Å²) in [5.74, 6) is -0.372. The summed E-state index contributed by atoms with van der Waals surface area (Å²) in [4.78, 5) is 23.4. The highest BCUT2D eigenvalue weighted by atomic mass is 35.5. The maximum atomic E-state index is 13.6. The number of para-hydroxylation sites is 1. The third-order valence-corrected chi connectivity index (χ3v) is 7.20. The van der Waals surface area contributed by atoms with Gasteiger partial charge in [0.25, 0.3) is 5.91 Å². The van der Waals surface area contributed by atoms with Gasteiger partial charge in [-0.3, -0.25) is 9.78 Å². The Balaban J connectivity index is 1.85. The van der Waals surface area contributed by atoms with Gasteiger partial charge in [0.2, 0.25) is 10.0 Å². The molecular formula is C24H21ClN4O3S. The largest absolute Gasteiger partial charge is 0.303 e. The lowest BCUT2D eigenvalue weighted by Gasteiger charge is -2.26. The Bertz CT molecular complexity index is 1430. The summed E-state index contributed by atoms with van der Waals surface area (Å²) in [6.07, 6.45) is 3.03. The Morgan fingerprint density at radius 3 is 2.48 bits per heavy atom. The first kappa shape index (κ1) is 22.8. The first-order valence-corrected chi connectivity index (χ1v) is 11.9. The fourth-order valence-corrected chi connectivity index (χ4v) is 4.67. The van der Waals surface area contributed by atoms with Crippen molar-refractivity contribution < 1.29 is 13.2 Å². The lowest BCUT2D eigenvalue weighted by molar-refractivity contribution is 0.0984. The first-order chi connectivity index (χ1) is 15.8. The van der Waals surface area contributed by atoms with Gasteiger partial charge in [-0.1, -0.05) is 35.9 Å². The van der Waals surface area contributed by atoms with Crippen molar-refractivity contribution in [2.75, 3.05) is 19.0 Å². The SMILES string of the molecule is CN(C)S(=O)(=O)c1ccccc1N(Cc1ccc2ccc(Cl)nc2c1)C(=O)c1cccnc1. The highest BCUT2D eigenvalue weighted by Gasteiger charge is 2.27. The molecule has 2 aromatic carbocycles. The number of rotatable bonds is 6. The Labute approximate surface area is 197 Å². The molecule has 0 saturated carbocycles. The molecule has 0 aliphatic carbocycles. The van der Waals surface area contributed by atoms with Crippen LogP contribution in [0.3, 0.4) is 0 Å². The number of benzene rings is 2. The number of amides is 1. The monoisotopic (exact) mass is 480 g/mol. The minimum absolute atomic E-state index is 0.0363. The predicted molar refractivity (Wildman–Crippen MR) is 129 cm³/mol. The smallest absolute Gasteiger partial charge is 0.260 e. The third-order valence-electron chi connectivity index (χ3n) is 5.13. The lowest BCUT2D eigenvalue weighted by Crippen LogP contribution is -2.33. The van der Waals surface area contributed by atoms with Crippen molar-refractivity contribution in [1.82, 2.24) is 14.3 Å². The van der Waals surface area contributed by atoms with Crippen LogP contribution in [0.4, 0.5) is 5.69 Å². The minimum atomic E-state index is -3.81. The van der Waals surface area contributed by atoms with Crippen LogP contribution in [0.1, 0.15) is 15.9 Å². The number of hydrogen-bond acceptors (Lipinski definition) is 5. The number of hydrogen-bond donors (Lipinski definition) is 0. The second kappa shape index (κ2) is 9.27. The van der Waals surface area contributed by atoms with E-state index in [1.54, 1.807) is 42.6 Å². The van der Waals surface area contributed by atoms with Crippen LogP contribution >= 0.6 is 11.6 Å². The summed E-state index contributed by atoms with van der Waals surface area (Å²) in [6, 6.07) is 19.0. The Kier molecular flexibility index (Phi) is 6.42. The molecule has 33 heavy (non-hydrogen) atoms. The van der Waals surface area contributed by atoms with Crippen molar-refractivity contribution in [3.63, 3.8) is 0 Å². The summed E-state index contributed by atoms with van der Waals surface area (Å²) in [6.45, 7) is 0.123. The third kappa shape index (κ3) is 4.73. The van der Waals surface area contributed by atoms with Crippen LogP contribution in [0.5, 0.6) is 0 Å². The van der Waals surface area contributed by atoms with Crippen molar-refractivity contribution >= 4 is 44.1 Å². The second-order valence-corrected chi connectivity index (χ2v) is 10.1. The average molecular weight is 481 g/mol. The topological polar surface area (TPSA) is 83.5 Å². The van der Waals surface area contributed by atoms with Gasteiger partial charge in [-0.05, 0) is 48.0 Å². The van der Waals surface area contributed by atoms with Crippen LogP contribution in [-0.2, 0) is 16.6 Å². The van der Waals surface area contributed by atoms with Crippen LogP contribution in [0, 0.1) is 0 Å². The molecule has 2 heterocycles. The molecule has 0 aliphatic rings. The molecule has 0 N–H and O–H groups in total. The summed E-state index contributed by atoms with van der Waals surface area (Å²) in [5.41, 5.74) is 2.07. The van der Waals surface area contributed by atoms with Crippen molar-refractivity contribution in [2.45, 2.75) is 11.4 Å². The standard InChI is InChI=1S/C24H21ClN4O3S/c1-28(2)33(31,32)22-8-4-3-7-21(22)29(24(30)19-6-5-13-26-15-19)16-17-9-10-18-11-12-23(25)27-20(18)14-17/h3-15H,16H2,1-2H3. The van der Waals surface area contributed by atoms with Gasteiger partial charge in [-0.15, -0.1) is 0 Å². The highest BCUT2D eigenvalue weighted by molar-refractivity contribution is 7.89. The van der Waals surface area contributed by atoms with Gasteiger partial charge in [-0.2, -0.15) is 0 Å². The minimum Gasteiger partial charge on any atom is -0.303 e. The number of sulfonamides is 1. The number of anilines is 1. The van der Waals surface area contributed by atoms with Gasteiger partial charge in [0.05, 0.1) is 23.3 Å². The lowest BCUT2D eigenvalue weighted by atomic mass is 10.1. The molecule has 0 saturated heterocycles. The van der Waals surface area contributed by atoms with Crippen molar-refractivity contribution in [3.05, 3.63) is 95.4 Å². The maximum absolute atomic E-state index is 13.6.